The van der Waals surface area contributed by atoms with Gasteiger partial charge in [0.15, 0.2) is 0 Å². The second-order valence-electron chi connectivity index (χ2n) is 3.81. The van der Waals surface area contributed by atoms with Gasteiger partial charge >= 0.3 is 105 Å². The van der Waals surface area contributed by atoms with Gasteiger partial charge in [0.25, 0.3) is 0 Å². The number of carboxylic acids is 1. The minimum atomic E-state index is -0.832. The molecule has 2 aromatic rings. The predicted molar refractivity (Wildman–Crippen MR) is 69.3 cm³/mol. The first-order valence-electron chi connectivity index (χ1n) is 5.24. The summed E-state index contributed by atoms with van der Waals surface area (Å²) in [6.07, 6.45) is 0.00908. The maximum absolute atomic E-state index is 10.9. The van der Waals surface area contributed by atoms with Crippen molar-refractivity contribution in [1.82, 2.24) is 0 Å². The molecule has 1 aromatic carbocycles. The van der Waals surface area contributed by atoms with E-state index in [9.17, 15) is 4.79 Å². The third-order valence-electron chi connectivity index (χ3n) is 2.60. The standard InChI is InChI=1S/C13H13NO2Se/c1-8-12(9-5-3-2-4-6-9)10(7-11(15)16)13(14)17-8/h2-6H,7,14H2,1H3,(H,15,16). The van der Waals surface area contributed by atoms with Crippen molar-refractivity contribution in [1.29, 1.82) is 0 Å². The topological polar surface area (TPSA) is 63.3 Å². The van der Waals surface area contributed by atoms with Gasteiger partial charge in [-0.05, 0) is 0 Å². The van der Waals surface area contributed by atoms with Crippen molar-refractivity contribution < 1.29 is 9.90 Å². The molecule has 0 aliphatic carbocycles. The first kappa shape index (κ1) is 12.0. The van der Waals surface area contributed by atoms with Crippen LogP contribution in [0.25, 0.3) is 11.1 Å². The average Bonchev–Trinajstić information content (AvgIpc) is 2.54. The number of hydrogen-bond donors (Lipinski definition) is 2. The Balaban J connectivity index is 2.56. The number of carbonyl (C=O) groups is 1. The fourth-order valence-electron chi connectivity index (χ4n) is 1.92. The van der Waals surface area contributed by atoms with Gasteiger partial charge in [-0.2, -0.15) is 0 Å². The average molecular weight is 294 g/mol. The number of aliphatic carboxylic acids is 1. The van der Waals surface area contributed by atoms with Crippen molar-refractivity contribution in [3.8, 4) is 11.1 Å². The summed E-state index contributed by atoms with van der Waals surface area (Å²) in [5.74, 6) is -0.832. The number of benzene rings is 1. The second-order valence-corrected chi connectivity index (χ2v) is 6.45. The summed E-state index contributed by atoms with van der Waals surface area (Å²) in [5.41, 5.74) is 8.83. The Kier molecular flexibility index (Phi) is 3.36. The van der Waals surface area contributed by atoms with Crippen LogP contribution in [0.5, 0.6) is 0 Å². The van der Waals surface area contributed by atoms with E-state index in [0.717, 1.165) is 21.3 Å². The van der Waals surface area contributed by atoms with Crippen LogP contribution in [0.1, 0.15) is 10.0 Å². The van der Waals surface area contributed by atoms with Crippen molar-refractivity contribution in [3.63, 3.8) is 0 Å². The number of nitrogen functional groups attached to an aromatic ring is 1. The Bertz CT molecular complexity index is 546. The number of nitrogens with two attached hydrogens (primary N) is 1. The van der Waals surface area contributed by atoms with Crippen LogP contribution in [0.3, 0.4) is 0 Å². The van der Waals surface area contributed by atoms with Gasteiger partial charge < -0.3 is 0 Å². The first-order chi connectivity index (χ1) is 8.09. The molecule has 0 saturated heterocycles. The zero-order chi connectivity index (χ0) is 12.4. The van der Waals surface area contributed by atoms with E-state index in [2.05, 4.69) is 0 Å². The fraction of sp³-hybridized carbons (Fsp3) is 0.154. The molecular formula is C13H13NO2Se. The van der Waals surface area contributed by atoms with Crippen molar-refractivity contribution in [2.75, 3.05) is 5.73 Å². The summed E-state index contributed by atoms with van der Waals surface area (Å²) in [7, 11) is 0. The quantitative estimate of drug-likeness (QED) is 0.850. The van der Waals surface area contributed by atoms with Gasteiger partial charge in [-0.3, -0.25) is 0 Å². The molecule has 3 N–H and O–H groups in total. The number of aryl methyl sites for hydroxylation is 1. The van der Waals surface area contributed by atoms with Crippen LogP contribution in [0.4, 0.5) is 4.56 Å². The van der Waals surface area contributed by atoms with Gasteiger partial charge in [-0.1, -0.05) is 0 Å². The Morgan fingerprint density at radius 2 is 2.00 bits per heavy atom. The van der Waals surface area contributed by atoms with Crippen molar-refractivity contribution >= 4 is 25.0 Å². The van der Waals surface area contributed by atoms with Crippen LogP contribution in [0.15, 0.2) is 30.3 Å². The number of anilines is 1. The molecule has 0 aliphatic rings. The molecule has 0 bridgehead atoms. The van der Waals surface area contributed by atoms with E-state index in [1.165, 1.54) is 4.44 Å². The molecule has 3 nitrogen and oxygen atoms in total. The van der Waals surface area contributed by atoms with Crippen molar-refractivity contribution in [3.05, 3.63) is 40.3 Å². The molecule has 2 rings (SSSR count). The normalized spacial score (nSPS) is 10.4. The van der Waals surface area contributed by atoms with Crippen LogP contribution in [0, 0.1) is 6.92 Å². The number of carboxylic acid groups (broad SMARTS) is 1. The summed E-state index contributed by atoms with van der Waals surface area (Å²) >= 11 is 0.0932. The molecule has 17 heavy (non-hydrogen) atoms. The first-order valence-corrected chi connectivity index (χ1v) is 6.96. The minimum absolute atomic E-state index is 0.00908. The van der Waals surface area contributed by atoms with E-state index in [1.807, 2.05) is 37.3 Å². The van der Waals surface area contributed by atoms with Gasteiger partial charge in [0.1, 0.15) is 0 Å². The molecule has 88 valence electrons. The Morgan fingerprint density at radius 1 is 1.35 bits per heavy atom. The molecule has 0 unspecified atom stereocenters. The summed E-state index contributed by atoms with van der Waals surface area (Å²) in [4.78, 5) is 10.9. The third kappa shape index (κ3) is 2.43. The van der Waals surface area contributed by atoms with Crippen LogP contribution in [-0.2, 0) is 11.2 Å². The van der Waals surface area contributed by atoms with Crippen LogP contribution < -0.4 is 5.73 Å². The van der Waals surface area contributed by atoms with Crippen molar-refractivity contribution in [2.45, 2.75) is 13.3 Å². The molecule has 0 radical (unpaired) electrons. The number of hydrogen-bond acceptors (Lipinski definition) is 2. The third-order valence-corrected chi connectivity index (χ3v) is 4.65. The predicted octanol–water partition coefficient (Wildman–Crippen LogP) is 1.93. The van der Waals surface area contributed by atoms with E-state index >= 15 is 0 Å². The molecule has 0 fully saturated rings. The maximum atomic E-state index is 10.9. The Hall–Kier alpha value is -1.51. The van der Waals surface area contributed by atoms with Crippen LogP contribution >= 0.6 is 0 Å². The van der Waals surface area contributed by atoms with E-state index in [-0.39, 0.29) is 20.9 Å². The zero-order valence-corrected chi connectivity index (χ0v) is 11.1. The molecule has 1 aromatic heterocycles. The number of rotatable bonds is 3. The van der Waals surface area contributed by atoms with E-state index in [1.54, 1.807) is 0 Å². The Labute approximate surface area is 106 Å². The molecule has 0 saturated carbocycles. The van der Waals surface area contributed by atoms with Gasteiger partial charge in [0.2, 0.25) is 0 Å². The van der Waals surface area contributed by atoms with E-state index in [4.69, 9.17) is 10.8 Å². The monoisotopic (exact) mass is 295 g/mol. The molecule has 0 spiro atoms. The molecular weight excluding hydrogens is 281 g/mol. The van der Waals surface area contributed by atoms with Gasteiger partial charge in [0, 0.05) is 0 Å². The fourth-order valence-corrected chi connectivity index (χ4v) is 3.96. The van der Waals surface area contributed by atoms with Gasteiger partial charge in [-0.15, -0.1) is 0 Å². The van der Waals surface area contributed by atoms with E-state index < -0.39 is 5.97 Å². The van der Waals surface area contributed by atoms with Crippen LogP contribution in [0.2, 0.25) is 0 Å². The van der Waals surface area contributed by atoms with Crippen LogP contribution in [-0.4, -0.2) is 25.6 Å². The SMILES string of the molecule is Cc1[se]c(N)c(CC(=O)O)c1-c1ccccc1. The molecule has 4 heteroatoms. The van der Waals surface area contributed by atoms with E-state index in [0.29, 0.717) is 0 Å². The van der Waals surface area contributed by atoms with Gasteiger partial charge in [-0.25, -0.2) is 0 Å². The zero-order valence-electron chi connectivity index (χ0n) is 9.43. The molecule has 0 atom stereocenters. The molecule has 1 heterocycles. The molecule has 0 aliphatic heterocycles. The second kappa shape index (κ2) is 4.78. The summed E-state index contributed by atoms with van der Waals surface area (Å²) in [6.45, 7) is 2.03. The summed E-state index contributed by atoms with van der Waals surface area (Å²) in [5, 5.41) is 8.94. The van der Waals surface area contributed by atoms with Gasteiger partial charge in [0.05, 0.1) is 0 Å². The molecule has 0 amide bonds. The summed E-state index contributed by atoms with van der Waals surface area (Å²) in [6, 6.07) is 9.85. The van der Waals surface area contributed by atoms with Crippen molar-refractivity contribution in [2.24, 2.45) is 0 Å². The summed E-state index contributed by atoms with van der Waals surface area (Å²) < 4.78 is 1.95. The Morgan fingerprint density at radius 3 is 2.59 bits per heavy atom.